The van der Waals surface area contributed by atoms with Crippen LogP contribution in [-0.4, -0.2) is 78.9 Å². The summed E-state index contributed by atoms with van der Waals surface area (Å²) in [5, 5.41) is 1.10. The van der Waals surface area contributed by atoms with Gasteiger partial charge in [0.15, 0.2) is 5.88 Å². The lowest BCUT2D eigenvalue weighted by atomic mass is 9.93. The van der Waals surface area contributed by atoms with Gasteiger partial charge >= 0.3 is 0 Å². The number of likely N-dealkylation sites (tertiary alicyclic amines) is 1. The summed E-state index contributed by atoms with van der Waals surface area (Å²) in [6.45, 7) is 6.20. The fraction of sp³-hybridized carbons (Fsp3) is 0.529. The Morgan fingerprint density at radius 2 is 1.82 bits per heavy atom. The van der Waals surface area contributed by atoms with Crippen LogP contribution in [0.15, 0.2) is 30.3 Å². The standard InChI is InChI=1S/C34H41N7O3/c1-19-32(37-30-15-24(16-31(44-3)40(19)30)34(43)41-25-7-9-28(41)26(35)17-25)29-14-23-6-8-27(22-10-12-38(13-11-22)20(2)42)36-33(23)39(29)18-21-4-5-21/h6,8,14-16,21-22,25-26,28H,4-5,7,9-13,17-18,35H2,1-3H3/t25-,26+,28+/m0/s1. The number of amides is 2. The van der Waals surface area contributed by atoms with Gasteiger partial charge in [0.2, 0.25) is 5.91 Å². The van der Waals surface area contributed by atoms with Crippen LogP contribution in [0.3, 0.4) is 0 Å². The first-order chi connectivity index (χ1) is 21.3. The zero-order valence-electron chi connectivity index (χ0n) is 25.8. The second kappa shape index (κ2) is 10.3. The number of pyridine rings is 2. The van der Waals surface area contributed by atoms with Crippen molar-refractivity contribution in [3.05, 3.63) is 47.3 Å². The molecule has 44 heavy (non-hydrogen) atoms. The lowest BCUT2D eigenvalue weighted by Crippen LogP contribution is -2.40. The molecule has 3 saturated heterocycles. The molecule has 1 aliphatic carbocycles. The number of imidazole rings is 1. The van der Waals surface area contributed by atoms with Gasteiger partial charge in [0.1, 0.15) is 17.0 Å². The smallest absolute Gasteiger partial charge is 0.254 e. The molecule has 230 valence electrons. The molecule has 0 spiro atoms. The zero-order chi connectivity index (χ0) is 30.3. The molecule has 4 fully saturated rings. The van der Waals surface area contributed by atoms with Crippen LogP contribution in [-0.2, 0) is 11.3 Å². The summed E-state index contributed by atoms with van der Waals surface area (Å²) in [4.78, 5) is 40.0. The van der Waals surface area contributed by atoms with Crippen LogP contribution in [0, 0.1) is 12.8 Å². The summed E-state index contributed by atoms with van der Waals surface area (Å²) < 4.78 is 10.2. The fourth-order valence-corrected chi connectivity index (χ4v) is 8.09. The first-order valence-electron chi connectivity index (χ1n) is 16.2. The number of hydrogen-bond acceptors (Lipinski definition) is 6. The van der Waals surface area contributed by atoms with Crippen LogP contribution in [0.5, 0.6) is 5.88 Å². The lowest BCUT2D eigenvalue weighted by molar-refractivity contribution is -0.129. The maximum absolute atomic E-state index is 13.8. The number of nitrogens with two attached hydrogens (primary N) is 1. The molecular weight excluding hydrogens is 554 g/mol. The predicted molar refractivity (Wildman–Crippen MR) is 168 cm³/mol. The minimum atomic E-state index is 0.0159. The molecule has 2 N–H and O–H groups in total. The quantitative estimate of drug-likeness (QED) is 0.351. The van der Waals surface area contributed by atoms with Gasteiger partial charge in [-0.3, -0.25) is 14.0 Å². The Balaban J connectivity index is 1.19. The van der Waals surface area contributed by atoms with Gasteiger partial charge in [-0.05, 0) is 82.1 Å². The van der Waals surface area contributed by atoms with E-state index in [1.807, 2.05) is 26.3 Å². The molecule has 4 aromatic rings. The number of methoxy groups -OCH3 is 1. The summed E-state index contributed by atoms with van der Waals surface area (Å²) in [6.07, 6.45) is 7.21. The molecular formula is C34H41N7O3. The maximum atomic E-state index is 13.8. The highest BCUT2D eigenvalue weighted by Crippen LogP contribution is 2.40. The number of ether oxygens (including phenoxy) is 1. The monoisotopic (exact) mass is 595 g/mol. The van der Waals surface area contributed by atoms with Crippen molar-refractivity contribution in [3.63, 3.8) is 0 Å². The highest BCUT2D eigenvalue weighted by Gasteiger charge is 2.47. The summed E-state index contributed by atoms with van der Waals surface area (Å²) in [7, 11) is 1.65. The fourth-order valence-electron chi connectivity index (χ4n) is 8.09. The van der Waals surface area contributed by atoms with Crippen molar-refractivity contribution in [2.24, 2.45) is 11.7 Å². The van der Waals surface area contributed by atoms with E-state index >= 15 is 0 Å². The third kappa shape index (κ3) is 4.40. The van der Waals surface area contributed by atoms with Crippen LogP contribution < -0.4 is 10.5 Å². The van der Waals surface area contributed by atoms with Crippen molar-refractivity contribution < 1.29 is 14.3 Å². The Kier molecular flexibility index (Phi) is 6.48. The van der Waals surface area contributed by atoms with Crippen molar-refractivity contribution in [3.8, 4) is 17.3 Å². The molecule has 2 bridgehead atoms. The van der Waals surface area contributed by atoms with Gasteiger partial charge in [-0.1, -0.05) is 0 Å². The van der Waals surface area contributed by atoms with Gasteiger partial charge in [0.25, 0.3) is 5.91 Å². The Hall–Kier alpha value is -3.92. The van der Waals surface area contributed by atoms with Crippen molar-refractivity contribution in [2.75, 3.05) is 20.2 Å². The van der Waals surface area contributed by atoms with Crippen molar-refractivity contribution in [2.45, 2.75) is 89.4 Å². The normalized spacial score (nSPS) is 23.8. The van der Waals surface area contributed by atoms with Crippen molar-refractivity contribution in [1.82, 2.24) is 28.7 Å². The van der Waals surface area contributed by atoms with Gasteiger partial charge in [0, 0.05) is 73.3 Å². The van der Waals surface area contributed by atoms with E-state index < -0.39 is 0 Å². The van der Waals surface area contributed by atoms with Gasteiger partial charge < -0.3 is 24.8 Å². The predicted octanol–water partition coefficient (Wildman–Crippen LogP) is 4.51. The van der Waals surface area contributed by atoms with E-state index in [0.29, 0.717) is 28.9 Å². The zero-order valence-corrected chi connectivity index (χ0v) is 25.8. The van der Waals surface area contributed by atoms with Gasteiger partial charge in [-0.15, -0.1) is 0 Å². The molecule has 0 radical (unpaired) electrons. The Bertz CT molecular complexity index is 1800. The molecule has 4 aromatic heterocycles. The molecule has 7 heterocycles. The first kappa shape index (κ1) is 27.6. The number of fused-ring (bicyclic) bond motifs is 4. The van der Waals surface area contributed by atoms with Crippen molar-refractivity contribution >= 4 is 28.5 Å². The molecule has 3 aliphatic heterocycles. The van der Waals surface area contributed by atoms with Crippen LogP contribution >= 0.6 is 0 Å². The number of carbonyl (C=O) groups is 2. The van der Waals surface area contributed by atoms with Crippen LogP contribution in [0.4, 0.5) is 0 Å². The molecule has 10 nitrogen and oxygen atoms in total. The summed E-state index contributed by atoms with van der Waals surface area (Å²) >= 11 is 0. The third-order valence-electron chi connectivity index (χ3n) is 10.7. The Labute approximate surface area is 257 Å². The topological polar surface area (TPSA) is 111 Å². The molecule has 4 aliphatic rings. The van der Waals surface area contributed by atoms with E-state index in [0.717, 1.165) is 85.5 Å². The average Bonchev–Trinajstić information content (AvgIpc) is 3.35. The number of nitrogens with zero attached hydrogens (tertiary/aromatic N) is 6. The number of carbonyl (C=O) groups excluding carboxylic acids is 2. The molecule has 0 unspecified atom stereocenters. The third-order valence-corrected chi connectivity index (χ3v) is 10.7. The largest absolute Gasteiger partial charge is 0.482 e. The molecule has 0 aromatic carbocycles. The van der Waals surface area contributed by atoms with E-state index in [-0.39, 0.29) is 29.9 Å². The second-order valence-corrected chi connectivity index (χ2v) is 13.4. The Morgan fingerprint density at radius 3 is 2.48 bits per heavy atom. The van der Waals surface area contributed by atoms with Crippen molar-refractivity contribution in [1.29, 1.82) is 0 Å². The molecule has 10 heteroatoms. The van der Waals surface area contributed by atoms with Crippen LogP contribution in [0.25, 0.3) is 28.1 Å². The van der Waals surface area contributed by atoms with E-state index in [4.69, 9.17) is 20.4 Å². The summed E-state index contributed by atoms with van der Waals surface area (Å²) in [5.74, 6) is 1.76. The molecule has 2 amide bonds. The number of hydrogen-bond donors (Lipinski definition) is 1. The van der Waals surface area contributed by atoms with Gasteiger partial charge in [-0.25, -0.2) is 9.97 Å². The average molecular weight is 596 g/mol. The maximum Gasteiger partial charge on any atom is 0.254 e. The highest BCUT2D eigenvalue weighted by atomic mass is 16.5. The second-order valence-electron chi connectivity index (χ2n) is 13.4. The Morgan fingerprint density at radius 1 is 1.02 bits per heavy atom. The highest BCUT2D eigenvalue weighted by molar-refractivity contribution is 5.96. The lowest BCUT2D eigenvalue weighted by Gasteiger charge is -2.31. The summed E-state index contributed by atoms with van der Waals surface area (Å²) in [5.41, 5.74) is 12.6. The molecule has 1 saturated carbocycles. The first-order valence-corrected chi connectivity index (χ1v) is 16.2. The van der Waals surface area contributed by atoms with E-state index in [1.54, 1.807) is 14.0 Å². The minimum Gasteiger partial charge on any atom is -0.482 e. The SMILES string of the molecule is COc1cc(C(=O)N2[C@H]3CC[C@@H]2[C@H](N)C3)cc2nc(-c3cc4ccc(C5CCN(C(C)=O)CC5)nc4n3CC3CC3)c(C)n12. The number of rotatable bonds is 6. The van der Waals surface area contributed by atoms with Gasteiger partial charge in [0.05, 0.1) is 18.5 Å². The van der Waals surface area contributed by atoms with Gasteiger partial charge in [-0.2, -0.15) is 0 Å². The number of piperidine rings is 1. The number of aromatic nitrogens is 4. The van der Waals surface area contributed by atoms with Crippen LogP contribution in [0.1, 0.15) is 79.5 Å². The van der Waals surface area contributed by atoms with E-state index in [2.05, 4.69) is 29.7 Å². The van der Waals surface area contributed by atoms with Crippen LogP contribution in [0.2, 0.25) is 0 Å². The minimum absolute atomic E-state index is 0.0159. The number of aryl methyl sites for hydroxylation is 1. The molecule has 8 rings (SSSR count). The molecule has 3 atom stereocenters. The van der Waals surface area contributed by atoms with E-state index in [1.165, 1.54) is 12.8 Å². The van der Waals surface area contributed by atoms with E-state index in [9.17, 15) is 9.59 Å². The summed E-state index contributed by atoms with van der Waals surface area (Å²) in [6, 6.07) is 10.7.